The van der Waals surface area contributed by atoms with Crippen molar-refractivity contribution in [3.05, 3.63) is 64.7 Å². The number of benzene rings is 2. The summed E-state index contributed by atoms with van der Waals surface area (Å²) in [5.74, 6) is -1.07. The number of nitrogens with one attached hydrogen (secondary N) is 1. The molecule has 0 spiro atoms. The van der Waals surface area contributed by atoms with E-state index in [-0.39, 0.29) is 28.9 Å². The third-order valence-electron chi connectivity index (χ3n) is 6.17. The molecule has 0 radical (unpaired) electrons. The summed E-state index contributed by atoms with van der Waals surface area (Å²) in [6.07, 6.45) is 1.64. The number of aromatic nitrogens is 1. The largest absolute Gasteiger partial charge is 0.493 e. The molecule has 3 aromatic rings. The van der Waals surface area contributed by atoms with Gasteiger partial charge in [0.05, 0.1) is 26.0 Å². The number of carbonyl (C=O) groups is 3. The summed E-state index contributed by atoms with van der Waals surface area (Å²) < 4.78 is 20.5. The maximum atomic E-state index is 14.1. The van der Waals surface area contributed by atoms with Crippen LogP contribution in [0.5, 0.6) is 11.5 Å². The van der Waals surface area contributed by atoms with Crippen LogP contribution in [0.3, 0.4) is 0 Å². The summed E-state index contributed by atoms with van der Waals surface area (Å²) in [7, 11) is 2.99. The number of hydrogen-bond acceptors (Lipinski definition) is 9. The fourth-order valence-corrected chi connectivity index (χ4v) is 5.01. The summed E-state index contributed by atoms with van der Waals surface area (Å²) in [6.45, 7) is 0.926. The van der Waals surface area contributed by atoms with Gasteiger partial charge in [0.1, 0.15) is 10.9 Å². The van der Waals surface area contributed by atoms with Crippen molar-refractivity contribution < 1.29 is 28.6 Å². The van der Waals surface area contributed by atoms with E-state index < -0.39 is 23.8 Å². The fourth-order valence-electron chi connectivity index (χ4n) is 4.27. The van der Waals surface area contributed by atoms with Crippen LogP contribution >= 0.6 is 11.5 Å². The van der Waals surface area contributed by atoms with Crippen LogP contribution in [0.1, 0.15) is 44.6 Å². The lowest BCUT2D eigenvalue weighted by molar-refractivity contribution is -0.123. The summed E-state index contributed by atoms with van der Waals surface area (Å²) in [5.41, 5.74) is 12.0. The van der Waals surface area contributed by atoms with Gasteiger partial charge in [-0.15, -0.1) is 0 Å². The van der Waals surface area contributed by atoms with Crippen LogP contribution in [0.4, 0.5) is 11.4 Å². The van der Waals surface area contributed by atoms with Crippen molar-refractivity contribution in [1.29, 1.82) is 0 Å². The highest BCUT2D eigenvalue weighted by atomic mass is 32.1. The lowest BCUT2D eigenvalue weighted by Crippen LogP contribution is -2.45. The normalized spacial score (nSPS) is 15.5. The van der Waals surface area contributed by atoms with E-state index in [0.29, 0.717) is 29.4 Å². The Hall–Kier alpha value is -4.16. The number of nitrogens with zero attached hydrogens (tertiary/aromatic N) is 2. The molecule has 1 saturated heterocycles. The Labute approximate surface area is 223 Å². The van der Waals surface area contributed by atoms with E-state index in [1.54, 1.807) is 48.5 Å². The number of carbonyl (C=O) groups excluding carboxylic acids is 3. The van der Waals surface area contributed by atoms with Crippen molar-refractivity contribution in [3.63, 3.8) is 0 Å². The Kier molecular flexibility index (Phi) is 8.44. The Morgan fingerprint density at radius 2 is 1.89 bits per heavy atom. The van der Waals surface area contributed by atoms with Crippen LogP contribution in [0.15, 0.2) is 48.5 Å². The van der Waals surface area contributed by atoms with E-state index in [0.717, 1.165) is 24.4 Å². The van der Waals surface area contributed by atoms with Crippen molar-refractivity contribution in [2.45, 2.75) is 25.0 Å². The molecule has 2 aromatic carbocycles. The third kappa shape index (κ3) is 5.55. The number of para-hydroxylation sites is 1. The highest BCUT2D eigenvalue weighted by molar-refractivity contribution is 7.09. The van der Waals surface area contributed by atoms with Gasteiger partial charge in [0, 0.05) is 18.8 Å². The van der Waals surface area contributed by atoms with Gasteiger partial charge in [0.25, 0.3) is 11.8 Å². The summed E-state index contributed by atoms with van der Waals surface area (Å²) in [4.78, 5) is 41.0. The van der Waals surface area contributed by atoms with Crippen LogP contribution in [-0.4, -0.2) is 55.6 Å². The Morgan fingerprint density at radius 3 is 2.50 bits per heavy atom. The van der Waals surface area contributed by atoms with Gasteiger partial charge in [-0.2, -0.15) is 4.37 Å². The second-order valence-electron chi connectivity index (χ2n) is 8.55. The number of hydrogen-bond donors (Lipinski definition) is 3. The molecule has 0 unspecified atom stereocenters. The molecular weight excluding hydrogens is 510 g/mol. The predicted octanol–water partition coefficient (Wildman–Crippen LogP) is 2.52. The summed E-state index contributed by atoms with van der Waals surface area (Å²) in [6, 6.07) is 12.5. The monoisotopic (exact) mass is 539 g/mol. The smallest absolute Gasteiger partial charge is 0.273 e. The number of rotatable bonds is 10. The molecule has 2 heterocycles. The highest BCUT2D eigenvalue weighted by Gasteiger charge is 2.36. The number of nitrogen functional groups attached to an aromatic ring is 1. The number of amides is 3. The predicted molar refractivity (Wildman–Crippen MR) is 143 cm³/mol. The molecule has 1 aliphatic heterocycles. The van der Waals surface area contributed by atoms with Crippen molar-refractivity contribution >= 4 is 40.6 Å². The lowest BCUT2D eigenvalue weighted by Gasteiger charge is -2.32. The van der Waals surface area contributed by atoms with E-state index in [9.17, 15) is 14.4 Å². The van der Waals surface area contributed by atoms with Crippen LogP contribution in [-0.2, 0) is 9.53 Å². The number of ether oxygens (including phenoxy) is 3. The molecule has 0 saturated carbocycles. The zero-order valence-corrected chi connectivity index (χ0v) is 21.8. The first-order valence-corrected chi connectivity index (χ1v) is 12.7. The number of nitrogens with two attached hydrogens (primary N) is 2. The van der Waals surface area contributed by atoms with Gasteiger partial charge in [-0.05, 0) is 54.2 Å². The zero-order valence-electron chi connectivity index (χ0n) is 21.0. The lowest BCUT2D eigenvalue weighted by atomic mass is 10.0. The van der Waals surface area contributed by atoms with Crippen LogP contribution in [0.25, 0.3) is 0 Å². The Bertz CT molecular complexity index is 1310. The molecular formula is C26H29N5O6S. The molecule has 4 rings (SSSR count). The first-order valence-electron chi connectivity index (χ1n) is 11.9. The minimum absolute atomic E-state index is 0.0138. The van der Waals surface area contributed by atoms with Crippen LogP contribution in [0.2, 0.25) is 0 Å². The molecule has 200 valence electrons. The quantitative estimate of drug-likeness (QED) is 0.354. The highest BCUT2D eigenvalue weighted by Crippen LogP contribution is 2.36. The maximum absolute atomic E-state index is 14.1. The van der Waals surface area contributed by atoms with Crippen molar-refractivity contribution in [1.82, 2.24) is 9.69 Å². The van der Waals surface area contributed by atoms with Crippen molar-refractivity contribution in [2.75, 3.05) is 38.0 Å². The van der Waals surface area contributed by atoms with E-state index >= 15 is 0 Å². The average Bonchev–Trinajstić information content (AvgIpc) is 3.59. The van der Waals surface area contributed by atoms with Gasteiger partial charge < -0.3 is 31.0 Å². The second-order valence-corrected chi connectivity index (χ2v) is 9.32. The van der Waals surface area contributed by atoms with E-state index in [1.165, 1.54) is 19.1 Å². The Balaban J connectivity index is 1.83. The average molecular weight is 540 g/mol. The number of primary amides is 1. The van der Waals surface area contributed by atoms with Gasteiger partial charge in [0.15, 0.2) is 17.2 Å². The molecule has 1 aliphatic rings. The van der Waals surface area contributed by atoms with Crippen LogP contribution < -0.4 is 31.2 Å². The van der Waals surface area contributed by atoms with Gasteiger partial charge in [-0.1, -0.05) is 24.3 Å². The van der Waals surface area contributed by atoms with E-state index in [4.69, 9.17) is 25.7 Å². The first kappa shape index (κ1) is 26.9. The summed E-state index contributed by atoms with van der Waals surface area (Å²) in [5, 5.41) is 2.94. The molecule has 2 atom stereocenters. The second kappa shape index (κ2) is 11.9. The number of methoxy groups -OCH3 is 2. The van der Waals surface area contributed by atoms with Crippen molar-refractivity contribution in [2.24, 2.45) is 5.73 Å². The molecule has 0 aliphatic carbocycles. The maximum Gasteiger partial charge on any atom is 0.273 e. The first-order chi connectivity index (χ1) is 18.3. The standard InChI is InChI=1S/C26H29N5O6S/c1-35-18-11-10-15(13-19(18)36-2)22(25(33)29-14-17-9-6-12-37-17)31(16-7-4-3-5-8-16)26(34)23-20(27)21(24(28)32)30-38-23/h3-5,7-8,10-11,13,17,22H,6,9,12,14,27H2,1-2H3,(H2,28,32)(H,29,33)/t17-,22-/m0/s1. The topological polar surface area (TPSA) is 159 Å². The zero-order chi connectivity index (χ0) is 27.2. The van der Waals surface area contributed by atoms with Gasteiger partial charge >= 0.3 is 0 Å². The molecule has 1 fully saturated rings. The van der Waals surface area contributed by atoms with Gasteiger partial charge in [-0.25, -0.2) is 0 Å². The molecule has 11 nitrogen and oxygen atoms in total. The van der Waals surface area contributed by atoms with E-state index in [2.05, 4.69) is 9.69 Å². The molecule has 38 heavy (non-hydrogen) atoms. The minimum atomic E-state index is -1.15. The number of anilines is 2. The molecule has 1 aromatic heterocycles. The molecule has 12 heteroatoms. The van der Waals surface area contributed by atoms with Crippen LogP contribution in [0, 0.1) is 0 Å². The van der Waals surface area contributed by atoms with Crippen molar-refractivity contribution in [3.8, 4) is 11.5 Å². The summed E-state index contributed by atoms with van der Waals surface area (Å²) >= 11 is 0.744. The molecule has 3 amide bonds. The van der Waals surface area contributed by atoms with Gasteiger partial charge in [-0.3, -0.25) is 19.3 Å². The van der Waals surface area contributed by atoms with Gasteiger partial charge in [0.2, 0.25) is 5.91 Å². The minimum Gasteiger partial charge on any atom is -0.493 e. The SMILES string of the molecule is COc1ccc([C@@H](C(=O)NC[C@@H]2CCCO2)N(C(=O)c2snc(C(N)=O)c2N)c2ccccc2)cc1OC. The fraction of sp³-hybridized carbons (Fsp3) is 0.308. The Morgan fingerprint density at radius 1 is 1.16 bits per heavy atom. The molecule has 5 N–H and O–H groups in total. The third-order valence-corrected chi connectivity index (χ3v) is 7.02. The molecule has 0 bridgehead atoms. The van der Waals surface area contributed by atoms with E-state index in [1.807, 2.05) is 0 Å².